The second kappa shape index (κ2) is 4.47. The molecule has 0 unspecified atom stereocenters. The molecule has 0 saturated carbocycles. The van der Waals surface area contributed by atoms with Crippen LogP contribution in [0.5, 0.6) is 0 Å². The van der Waals surface area contributed by atoms with E-state index in [0.29, 0.717) is 10.6 Å². The summed E-state index contributed by atoms with van der Waals surface area (Å²) < 4.78 is 0. The average Bonchev–Trinajstić information content (AvgIpc) is 2.15. The van der Waals surface area contributed by atoms with Gasteiger partial charge in [-0.1, -0.05) is 35.6 Å². The van der Waals surface area contributed by atoms with Crippen LogP contribution in [-0.4, -0.2) is 15.8 Å². The number of hydrogen-bond acceptors (Lipinski definition) is 2. The molecular formula is C13H15ClO2. The molecule has 0 radical (unpaired) electrons. The van der Waals surface area contributed by atoms with Crippen LogP contribution in [0.3, 0.4) is 0 Å². The van der Waals surface area contributed by atoms with Crippen molar-refractivity contribution in [1.82, 2.24) is 0 Å². The zero-order chi connectivity index (χ0) is 12.4. The van der Waals surface area contributed by atoms with Crippen LogP contribution in [0.1, 0.15) is 26.3 Å². The summed E-state index contributed by atoms with van der Waals surface area (Å²) in [7, 11) is 0. The monoisotopic (exact) mass is 238 g/mol. The molecule has 0 heterocycles. The van der Waals surface area contributed by atoms with Gasteiger partial charge in [-0.3, -0.25) is 0 Å². The third-order valence-electron chi connectivity index (χ3n) is 2.02. The maximum absolute atomic E-state index is 10.1. The van der Waals surface area contributed by atoms with Crippen molar-refractivity contribution in [3.8, 4) is 11.8 Å². The lowest BCUT2D eigenvalue weighted by Gasteiger charge is -2.18. The van der Waals surface area contributed by atoms with Gasteiger partial charge in [0.05, 0.1) is 0 Å². The zero-order valence-corrected chi connectivity index (χ0v) is 10.3. The van der Waals surface area contributed by atoms with Gasteiger partial charge in [0, 0.05) is 5.02 Å². The van der Waals surface area contributed by atoms with Gasteiger partial charge in [0.2, 0.25) is 0 Å². The molecule has 0 spiro atoms. The van der Waals surface area contributed by atoms with E-state index >= 15 is 0 Å². The molecule has 16 heavy (non-hydrogen) atoms. The van der Waals surface area contributed by atoms with E-state index in [4.69, 9.17) is 11.6 Å². The molecule has 0 bridgehead atoms. The Morgan fingerprint density at radius 3 is 1.94 bits per heavy atom. The number of rotatable bonds is 1. The molecule has 0 aliphatic heterocycles. The van der Waals surface area contributed by atoms with Gasteiger partial charge in [0.15, 0.2) is 0 Å². The first-order valence-corrected chi connectivity index (χ1v) is 5.34. The van der Waals surface area contributed by atoms with E-state index in [9.17, 15) is 10.2 Å². The van der Waals surface area contributed by atoms with Gasteiger partial charge in [-0.25, -0.2) is 0 Å². The molecule has 2 N–H and O–H groups in total. The Kier molecular flexibility index (Phi) is 3.64. The Hall–Kier alpha value is -1.01. The Bertz CT molecular complexity index is 416. The smallest absolute Gasteiger partial charge is 0.148 e. The molecule has 0 amide bonds. The van der Waals surface area contributed by atoms with Crippen LogP contribution in [0, 0.1) is 11.8 Å². The van der Waals surface area contributed by atoms with Crippen molar-refractivity contribution in [2.75, 3.05) is 0 Å². The van der Waals surface area contributed by atoms with E-state index in [2.05, 4.69) is 11.8 Å². The molecule has 0 aliphatic rings. The van der Waals surface area contributed by atoms with E-state index in [1.807, 2.05) is 0 Å². The largest absolute Gasteiger partial charge is 0.378 e. The summed E-state index contributed by atoms with van der Waals surface area (Å²) in [5.41, 5.74) is -1.75. The molecule has 3 heteroatoms. The summed E-state index contributed by atoms with van der Waals surface area (Å²) in [4.78, 5) is 0. The van der Waals surface area contributed by atoms with Crippen molar-refractivity contribution in [2.45, 2.75) is 32.0 Å². The van der Waals surface area contributed by atoms with Crippen LogP contribution in [0.4, 0.5) is 0 Å². The number of halogens is 1. The summed E-state index contributed by atoms with van der Waals surface area (Å²) in [6.45, 7) is 4.71. The lowest BCUT2D eigenvalue weighted by molar-refractivity contribution is 0.116. The average molecular weight is 239 g/mol. The van der Waals surface area contributed by atoms with Crippen LogP contribution in [0.15, 0.2) is 24.3 Å². The maximum Gasteiger partial charge on any atom is 0.148 e. The van der Waals surface area contributed by atoms with Crippen LogP contribution in [-0.2, 0) is 5.60 Å². The highest BCUT2D eigenvalue weighted by atomic mass is 35.5. The predicted octanol–water partition coefficient (Wildman–Crippen LogP) is 2.32. The van der Waals surface area contributed by atoms with Crippen LogP contribution in [0.25, 0.3) is 0 Å². The molecule has 0 fully saturated rings. The fourth-order valence-corrected chi connectivity index (χ4v) is 1.25. The first-order valence-electron chi connectivity index (χ1n) is 4.96. The molecule has 86 valence electrons. The summed E-state index contributed by atoms with van der Waals surface area (Å²) in [5, 5.41) is 20.2. The van der Waals surface area contributed by atoms with E-state index in [1.54, 1.807) is 45.0 Å². The number of benzene rings is 1. The summed E-state index contributed by atoms with van der Waals surface area (Å²) in [6, 6.07) is 6.80. The van der Waals surface area contributed by atoms with Crippen molar-refractivity contribution < 1.29 is 10.2 Å². The minimum atomic E-state index is -1.29. The minimum absolute atomic E-state index is 0.606. The third-order valence-corrected chi connectivity index (χ3v) is 2.27. The van der Waals surface area contributed by atoms with Crippen molar-refractivity contribution >= 4 is 11.6 Å². The third kappa shape index (κ3) is 3.86. The second-order valence-electron chi connectivity index (χ2n) is 4.39. The van der Waals surface area contributed by atoms with Crippen molar-refractivity contribution in [3.63, 3.8) is 0 Å². The predicted molar refractivity (Wildman–Crippen MR) is 65.1 cm³/mol. The fourth-order valence-electron chi connectivity index (χ4n) is 1.12. The van der Waals surface area contributed by atoms with E-state index < -0.39 is 11.2 Å². The van der Waals surface area contributed by atoms with Crippen molar-refractivity contribution in [3.05, 3.63) is 34.9 Å². The van der Waals surface area contributed by atoms with Gasteiger partial charge >= 0.3 is 0 Å². The van der Waals surface area contributed by atoms with Crippen LogP contribution >= 0.6 is 11.6 Å². The molecule has 2 nitrogen and oxygen atoms in total. The molecular weight excluding hydrogens is 224 g/mol. The molecule has 0 aromatic heterocycles. The zero-order valence-electron chi connectivity index (χ0n) is 9.58. The summed E-state index contributed by atoms with van der Waals surface area (Å²) in [5.74, 6) is 5.24. The lowest BCUT2D eigenvalue weighted by Crippen LogP contribution is -2.21. The van der Waals surface area contributed by atoms with Gasteiger partial charge in [0.1, 0.15) is 11.2 Å². The first kappa shape index (κ1) is 13.1. The summed E-state index contributed by atoms with van der Waals surface area (Å²) in [6.07, 6.45) is 0. The van der Waals surface area contributed by atoms with E-state index in [0.717, 1.165) is 0 Å². The highest BCUT2D eigenvalue weighted by Gasteiger charge is 2.20. The molecule has 1 atom stereocenters. The maximum atomic E-state index is 10.1. The van der Waals surface area contributed by atoms with Gasteiger partial charge < -0.3 is 10.2 Å². The minimum Gasteiger partial charge on any atom is -0.378 e. The number of aliphatic hydroxyl groups is 2. The molecule has 0 aliphatic carbocycles. The highest BCUT2D eigenvalue weighted by Crippen LogP contribution is 2.21. The standard InChI is InChI=1S/C13H15ClO2/c1-12(2,15)8-9-13(3,16)10-4-6-11(14)7-5-10/h4-7,15-16H,1-3H3/t13-/m0/s1. The Balaban J connectivity index is 3.01. The van der Waals surface area contributed by atoms with Crippen molar-refractivity contribution in [2.24, 2.45) is 0 Å². The summed E-state index contributed by atoms with van der Waals surface area (Å²) >= 11 is 5.75. The fraction of sp³-hybridized carbons (Fsp3) is 0.385. The first-order chi connectivity index (χ1) is 7.21. The normalized spacial score (nSPS) is 14.9. The molecule has 1 aromatic carbocycles. The quantitative estimate of drug-likeness (QED) is 0.738. The van der Waals surface area contributed by atoms with Crippen molar-refractivity contribution in [1.29, 1.82) is 0 Å². The van der Waals surface area contributed by atoms with Crippen LogP contribution in [0.2, 0.25) is 5.02 Å². The Morgan fingerprint density at radius 1 is 1.00 bits per heavy atom. The Labute approximate surface area is 101 Å². The number of hydrogen-bond donors (Lipinski definition) is 2. The SMILES string of the molecule is CC(C)(O)C#C[C@](C)(O)c1ccc(Cl)cc1. The highest BCUT2D eigenvalue weighted by molar-refractivity contribution is 6.30. The molecule has 0 saturated heterocycles. The van der Waals surface area contributed by atoms with Gasteiger partial charge in [-0.05, 0) is 38.5 Å². The van der Waals surface area contributed by atoms with Gasteiger partial charge in [-0.2, -0.15) is 0 Å². The second-order valence-corrected chi connectivity index (χ2v) is 4.82. The van der Waals surface area contributed by atoms with E-state index in [-0.39, 0.29) is 0 Å². The topological polar surface area (TPSA) is 40.5 Å². The van der Waals surface area contributed by atoms with Gasteiger partial charge in [-0.15, -0.1) is 0 Å². The van der Waals surface area contributed by atoms with Gasteiger partial charge in [0.25, 0.3) is 0 Å². The van der Waals surface area contributed by atoms with E-state index in [1.165, 1.54) is 0 Å². The Morgan fingerprint density at radius 2 is 1.50 bits per heavy atom. The lowest BCUT2D eigenvalue weighted by atomic mass is 9.95. The van der Waals surface area contributed by atoms with Crippen LogP contribution < -0.4 is 0 Å². The molecule has 1 aromatic rings. The molecule has 1 rings (SSSR count).